The molecule has 5 heteroatoms. The summed E-state index contributed by atoms with van der Waals surface area (Å²) in [6.07, 6.45) is 4.20. The molecule has 1 aliphatic rings. The number of amides is 1. The Hall–Kier alpha value is -2.50. The zero-order chi connectivity index (χ0) is 19.4. The van der Waals surface area contributed by atoms with Gasteiger partial charge in [0, 0.05) is 31.0 Å². The quantitative estimate of drug-likeness (QED) is 0.671. The average molecular weight is 392 g/mol. The van der Waals surface area contributed by atoms with Gasteiger partial charge in [-0.2, -0.15) is 0 Å². The first-order chi connectivity index (χ1) is 13.7. The summed E-state index contributed by atoms with van der Waals surface area (Å²) in [5.74, 6) is 0.0921. The molecule has 1 N–H and O–H groups in total. The Balaban J connectivity index is 1.52. The molecule has 2 aromatic carbocycles. The number of rotatable bonds is 7. The minimum atomic E-state index is -0.546. The molecule has 28 heavy (non-hydrogen) atoms. The summed E-state index contributed by atoms with van der Waals surface area (Å²) in [5.41, 5.74) is 3.30. The largest absolute Gasteiger partial charge is 0.348 e. The number of nitrogens with zero attached hydrogens (tertiary/aromatic N) is 2. The number of hydrogen-bond acceptors (Lipinski definition) is 4. The molecule has 0 spiro atoms. The fourth-order valence-electron chi connectivity index (χ4n) is 4.02. The van der Waals surface area contributed by atoms with Crippen LogP contribution in [0.15, 0.2) is 66.2 Å². The molecular weight excluding hydrogens is 366 g/mol. The van der Waals surface area contributed by atoms with Crippen molar-refractivity contribution in [2.45, 2.75) is 31.3 Å². The van der Waals surface area contributed by atoms with E-state index in [1.165, 1.54) is 16.7 Å². The number of benzene rings is 2. The molecule has 3 aromatic rings. The Bertz CT molecular complexity index is 899. The Labute approximate surface area is 170 Å². The van der Waals surface area contributed by atoms with Crippen LogP contribution in [0.3, 0.4) is 0 Å². The Kier molecular flexibility index (Phi) is 5.55. The molecule has 0 radical (unpaired) electrons. The number of likely N-dealkylation sites (N-methyl/N-ethyl adjacent to an activating group) is 1. The van der Waals surface area contributed by atoms with Crippen molar-refractivity contribution < 1.29 is 4.79 Å². The maximum Gasteiger partial charge on any atom is 0.241 e. The lowest BCUT2D eigenvalue weighted by Gasteiger charge is -2.37. The normalized spacial score (nSPS) is 14.8. The van der Waals surface area contributed by atoms with E-state index >= 15 is 0 Å². The summed E-state index contributed by atoms with van der Waals surface area (Å²) in [7, 11) is 2.08. The van der Waals surface area contributed by atoms with Gasteiger partial charge in [-0.1, -0.05) is 54.6 Å². The highest BCUT2D eigenvalue weighted by Gasteiger charge is 2.46. The minimum absolute atomic E-state index is 0.0921. The summed E-state index contributed by atoms with van der Waals surface area (Å²) in [4.78, 5) is 19.9. The van der Waals surface area contributed by atoms with Crippen LogP contribution < -0.4 is 5.32 Å². The first kappa shape index (κ1) is 18.8. The number of thiazole rings is 1. The molecular formula is C23H25N3OS. The van der Waals surface area contributed by atoms with E-state index in [1.807, 2.05) is 11.4 Å². The predicted molar refractivity (Wildman–Crippen MR) is 113 cm³/mol. The lowest BCUT2D eigenvalue weighted by atomic mass is 9.91. The van der Waals surface area contributed by atoms with Gasteiger partial charge in [0.15, 0.2) is 0 Å². The molecule has 4 nitrogen and oxygen atoms in total. The van der Waals surface area contributed by atoms with Gasteiger partial charge in [0.1, 0.15) is 10.5 Å². The maximum absolute atomic E-state index is 13.4. The number of carbonyl (C=O) groups excluding carboxylic acids is 1. The van der Waals surface area contributed by atoms with Gasteiger partial charge < -0.3 is 5.32 Å². The molecule has 4 rings (SSSR count). The highest BCUT2D eigenvalue weighted by molar-refractivity contribution is 7.09. The van der Waals surface area contributed by atoms with Crippen molar-refractivity contribution in [3.8, 4) is 0 Å². The van der Waals surface area contributed by atoms with E-state index in [0.29, 0.717) is 6.54 Å². The number of carbonyl (C=O) groups is 1. The molecule has 0 aliphatic heterocycles. The smallest absolute Gasteiger partial charge is 0.241 e. The van der Waals surface area contributed by atoms with Crippen LogP contribution in [-0.4, -0.2) is 34.9 Å². The minimum Gasteiger partial charge on any atom is -0.348 e. The summed E-state index contributed by atoms with van der Waals surface area (Å²) in [6, 6.07) is 18.9. The van der Waals surface area contributed by atoms with E-state index < -0.39 is 5.54 Å². The third-order valence-corrected chi connectivity index (χ3v) is 6.48. The molecule has 1 aliphatic carbocycles. The molecule has 144 valence electrons. The molecule has 0 atom stereocenters. The predicted octanol–water partition coefficient (Wildman–Crippen LogP) is 3.47. The molecule has 0 bridgehead atoms. The van der Waals surface area contributed by atoms with E-state index in [1.54, 1.807) is 17.5 Å². The zero-order valence-electron chi connectivity index (χ0n) is 16.1. The first-order valence-corrected chi connectivity index (χ1v) is 10.5. The summed E-state index contributed by atoms with van der Waals surface area (Å²) >= 11 is 1.57. The van der Waals surface area contributed by atoms with E-state index in [4.69, 9.17) is 0 Å². The fourth-order valence-corrected chi connectivity index (χ4v) is 4.57. The second-order valence-electron chi connectivity index (χ2n) is 7.42. The van der Waals surface area contributed by atoms with Crippen LogP contribution >= 0.6 is 11.3 Å². The van der Waals surface area contributed by atoms with Gasteiger partial charge in [-0.05, 0) is 30.2 Å². The van der Waals surface area contributed by atoms with Gasteiger partial charge in [-0.15, -0.1) is 11.3 Å². The molecule has 0 unspecified atom stereocenters. The van der Waals surface area contributed by atoms with Gasteiger partial charge in [0.05, 0.1) is 6.54 Å². The second-order valence-corrected chi connectivity index (χ2v) is 8.40. The fraction of sp³-hybridized carbons (Fsp3) is 0.304. The van der Waals surface area contributed by atoms with Gasteiger partial charge in [-0.25, -0.2) is 4.98 Å². The van der Waals surface area contributed by atoms with Crippen molar-refractivity contribution in [1.29, 1.82) is 0 Å². The molecule has 1 aromatic heterocycles. The molecule has 0 fully saturated rings. The summed E-state index contributed by atoms with van der Waals surface area (Å²) in [6.45, 7) is 1.32. The SMILES string of the molecule is CN(CCc1ccccc1)C1(C(=O)NCc2nccs2)Cc2ccccc2C1. The summed E-state index contributed by atoms with van der Waals surface area (Å²) < 4.78 is 0. The first-order valence-electron chi connectivity index (χ1n) is 9.66. The van der Waals surface area contributed by atoms with Crippen LogP contribution in [0.2, 0.25) is 0 Å². The average Bonchev–Trinajstić information content (AvgIpc) is 3.39. The van der Waals surface area contributed by atoms with Crippen molar-refractivity contribution >= 4 is 17.2 Å². The van der Waals surface area contributed by atoms with Crippen molar-refractivity contribution in [2.75, 3.05) is 13.6 Å². The molecule has 1 amide bonds. The lowest BCUT2D eigenvalue weighted by molar-refractivity contribution is -0.132. The number of hydrogen-bond donors (Lipinski definition) is 1. The van der Waals surface area contributed by atoms with Crippen LogP contribution in [0.1, 0.15) is 21.7 Å². The zero-order valence-corrected chi connectivity index (χ0v) is 16.9. The Morgan fingerprint density at radius 3 is 2.43 bits per heavy atom. The van der Waals surface area contributed by atoms with E-state index in [0.717, 1.165) is 30.8 Å². The van der Waals surface area contributed by atoms with Crippen LogP contribution in [0, 0.1) is 0 Å². The van der Waals surface area contributed by atoms with Crippen LogP contribution in [0.4, 0.5) is 0 Å². The van der Waals surface area contributed by atoms with Crippen LogP contribution in [0.5, 0.6) is 0 Å². The monoisotopic (exact) mass is 391 g/mol. The van der Waals surface area contributed by atoms with Gasteiger partial charge in [-0.3, -0.25) is 9.69 Å². The molecule has 1 heterocycles. The molecule has 0 saturated carbocycles. The van der Waals surface area contributed by atoms with Crippen LogP contribution in [-0.2, 0) is 30.6 Å². The van der Waals surface area contributed by atoms with Gasteiger partial charge in [0.25, 0.3) is 0 Å². The standard InChI is InChI=1S/C23H25N3OS/c1-26(13-11-18-7-3-2-4-8-18)23(15-19-9-5-6-10-20(19)16-23)22(27)25-17-21-24-12-14-28-21/h2-10,12,14H,11,13,15-17H2,1H3,(H,25,27). The van der Waals surface area contributed by atoms with Crippen molar-refractivity contribution in [3.63, 3.8) is 0 Å². The summed E-state index contributed by atoms with van der Waals surface area (Å²) in [5, 5.41) is 6.02. The second kappa shape index (κ2) is 8.25. The van der Waals surface area contributed by atoms with E-state index in [9.17, 15) is 4.79 Å². The van der Waals surface area contributed by atoms with Crippen molar-refractivity contribution in [1.82, 2.24) is 15.2 Å². The van der Waals surface area contributed by atoms with Crippen molar-refractivity contribution in [2.24, 2.45) is 0 Å². The lowest BCUT2D eigenvalue weighted by Crippen LogP contribution is -2.58. The number of aromatic nitrogens is 1. The maximum atomic E-state index is 13.4. The number of nitrogens with one attached hydrogen (secondary N) is 1. The Morgan fingerprint density at radius 2 is 1.79 bits per heavy atom. The highest BCUT2D eigenvalue weighted by atomic mass is 32.1. The van der Waals surface area contributed by atoms with Crippen molar-refractivity contribution in [3.05, 3.63) is 87.9 Å². The van der Waals surface area contributed by atoms with E-state index in [-0.39, 0.29) is 5.91 Å². The highest BCUT2D eigenvalue weighted by Crippen LogP contribution is 2.34. The van der Waals surface area contributed by atoms with Gasteiger partial charge >= 0.3 is 0 Å². The van der Waals surface area contributed by atoms with E-state index in [2.05, 4.69) is 70.8 Å². The third kappa shape index (κ3) is 3.86. The topological polar surface area (TPSA) is 45.2 Å². The number of fused-ring (bicyclic) bond motifs is 1. The van der Waals surface area contributed by atoms with Crippen LogP contribution in [0.25, 0.3) is 0 Å². The Morgan fingerprint density at radius 1 is 1.11 bits per heavy atom. The van der Waals surface area contributed by atoms with Gasteiger partial charge in [0.2, 0.25) is 5.91 Å². The third-order valence-electron chi connectivity index (χ3n) is 5.70. The molecule has 0 saturated heterocycles.